The average molecular weight is 856 g/mol. The minimum atomic E-state index is -1.65. The lowest BCUT2D eigenvalue weighted by atomic mass is 10.0. The van der Waals surface area contributed by atoms with E-state index in [1.165, 1.54) is 24.7 Å². The van der Waals surface area contributed by atoms with Gasteiger partial charge >= 0.3 is 5.63 Å². The topological polar surface area (TPSA) is 369 Å². The van der Waals surface area contributed by atoms with Crippen molar-refractivity contribution in [3.05, 3.63) is 58.5 Å². The Balaban J connectivity index is 1.74. The molecule has 0 bridgehead atoms. The molecule has 7 amide bonds. The number of nitrogens with two attached hydrogens (primary N) is 3. The number of primary amides is 1. The Morgan fingerprint density at radius 2 is 1.36 bits per heavy atom. The van der Waals surface area contributed by atoms with Crippen LogP contribution in [0, 0.1) is 12.8 Å². The maximum Gasteiger partial charge on any atom is 0.336 e. The lowest BCUT2D eigenvalue weighted by Crippen LogP contribution is -2.60. The number of aliphatic hydroxyl groups excluding tert-OH is 2. The monoisotopic (exact) mass is 855 g/mol. The Labute approximate surface area is 350 Å². The molecule has 0 saturated heterocycles. The molecule has 0 saturated carbocycles. The fraction of sp³-hybridized carbons (Fsp3) is 0.513. The third-order valence-corrected chi connectivity index (χ3v) is 9.41. The van der Waals surface area contributed by atoms with Crippen molar-refractivity contribution in [2.75, 3.05) is 25.1 Å². The molecule has 0 spiro atoms. The van der Waals surface area contributed by atoms with E-state index in [1.807, 2.05) is 0 Å². The van der Waals surface area contributed by atoms with E-state index in [-0.39, 0.29) is 55.8 Å². The molecule has 1 aromatic carbocycles. The molecule has 0 unspecified atom stereocenters. The SMILES string of the molecule is Cc1cc(=O)oc2cc(NC(=O)[C@H](CCC(N)=O)NC(=O)[C@H](CC(C)C)NC(=O)[C@H](CCCCN)NC(=O)[C@H](CO)NC(=O)[C@H](CO)NC(=O)[C@@H](N)Cc3cnc[nH]3)ccc12. The summed E-state index contributed by atoms with van der Waals surface area (Å²) < 4.78 is 5.26. The zero-order chi connectivity index (χ0) is 45.2. The highest BCUT2D eigenvalue weighted by molar-refractivity contribution is 6.00. The number of imidazole rings is 1. The molecule has 61 heavy (non-hydrogen) atoms. The number of amides is 7. The Morgan fingerprint density at radius 1 is 0.787 bits per heavy atom. The molecule has 3 aromatic rings. The molecule has 2 aromatic heterocycles. The predicted molar refractivity (Wildman–Crippen MR) is 221 cm³/mol. The Kier molecular flexibility index (Phi) is 19.4. The molecule has 15 N–H and O–H groups in total. The van der Waals surface area contributed by atoms with Crippen LogP contribution in [0.3, 0.4) is 0 Å². The molecule has 0 aliphatic carbocycles. The number of aromatic nitrogens is 2. The number of carbonyl (C=O) groups excluding carboxylic acids is 7. The van der Waals surface area contributed by atoms with E-state index in [0.29, 0.717) is 29.5 Å². The molecule has 22 nitrogen and oxygen atoms in total. The number of aryl methyl sites for hydroxylation is 1. The van der Waals surface area contributed by atoms with Gasteiger partial charge in [-0.3, -0.25) is 33.6 Å². The number of fused-ring (bicyclic) bond motifs is 1. The molecule has 2 heterocycles. The summed E-state index contributed by atoms with van der Waals surface area (Å²) in [5.41, 5.74) is 18.0. The largest absolute Gasteiger partial charge is 0.423 e. The number of nitrogens with zero attached hydrogens (tertiary/aromatic N) is 1. The van der Waals surface area contributed by atoms with Gasteiger partial charge in [-0.25, -0.2) is 9.78 Å². The minimum Gasteiger partial charge on any atom is -0.423 e. The predicted octanol–water partition coefficient (Wildman–Crippen LogP) is -2.82. The van der Waals surface area contributed by atoms with E-state index in [9.17, 15) is 48.6 Å². The lowest BCUT2D eigenvalue weighted by Gasteiger charge is -2.27. The van der Waals surface area contributed by atoms with Crippen LogP contribution in [0.5, 0.6) is 0 Å². The maximum atomic E-state index is 13.8. The number of unbranched alkanes of at least 4 members (excludes halogenated alkanes) is 1. The zero-order valence-corrected chi connectivity index (χ0v) is 34.3. The van der Waals surface area contributed by atoms with Crippen molar-refractivity contribution in [3.8, 4) is 0 Å². The standard InChI is InChI=1S/C39H57N11O11/c1-20(2)12-28(37(58)47-27(9-10-32(42)53)35(56)45-22-7-8-24-21(3)13-33(54)61-31(24)15-22)48-36(57)26(6-4-5-11-40)46-38(59)30(18-52)50-39(60)29(17-51)49-34(55)25(41)14-23-16-43-19-44-23/h7-8,13,15-16,19-20,25-30,51-52H,4-6,9-12,14,17-18,40-41H2,1-3H3,(H2,42,53)(H,43,44)(H,45,56)(H,46,59)(H,47,58)(H,48,57)(H,49,55)(H,50,60)/t25-,26-,27-,28-,29-,30-/m0/s1. The minimum absolute atomic E-state index is 0.0233. The van der Waals surface area contributed by atoms with Gasteiger partial charge in [0, 0.05) is 47.9 Å². The summed E-state index contributed by atoms with van der Waals surface area (Å²) in [6, 6.07) is -2.26. The van der Waals surface area contributed by atoms with E-state index >= 15 is 0 Å². The first-order valence-electron chi connectivity index (χ1n) is 19.8. The number of aliphatic hydroxyl groups is 2. The first-order chi connectivity index (χ1) is 28.9. The van der Waals surface area contributed by atoms with Crippen molar-refractivity contribution in [1.82, 2.24) is 36.6 Å². The van der Waals surface area contributed by atoms with Crippen molar-refractivity contribution < 1.29 is 48.2 Å². The quantitative estimate of drug-likeness (QED) is 0.0302. The fourth-order valence-electron chi connectivity index (χ4n) is 6.13. The summed E-state index contributed by atoms with van der Waals surface area (Å²) >= 11 is 0. The number of H-pyrrole nitrogens is 1. The van der Waals surface area contributed by atoms with E-state index in [2.05, 4.69) is 41.9 Å². The highest BCUT2D eigenvalue weighted by Crippen LogP contribution is 2.21. The lowest BCUT2D eigenvalue weighted by molar-refractivity contribution is -0.136. The highest BCUT2D eigenvalue weighted by Gasteiger charge is 2.33. The van der Waals surface area contributed by atoms with Gasteiger partial charge in [-0.2, -0.15) is 0 Å². The molecule has 0 fully saturated rings. The highest BCUT2D eigenvalue weighted by atomic mass is 16.4. The number of hydrogen-bond donors (Lipinski definition) is 12. The van der Waals surface area contributed by atoms with Gasteiger partial charge in [0.1, 0.15) is 35.8 Å². The number of carbonyl (C=O) groups is 7. The number of benzene rings is 1. The number of nitrogens with one attached hydrogen (secondary N) is 7. The van der Waals surface area contributed by atoms with Crippen LogP contribution < -0.4 is 54.7 Å². The van der Waals surface area contributed by atoms with Crippen LogP contribution in [0.4, 0.5) is 5.69 Å². The van der Waals surface area contributed by atoms with E-state index in [1.54, 1.807) is 32.9 Å². The normalized spacial score (nSPS) is 14.2. The molecule has 6 atom stereocenters. The van der Waals surface area contributed by atoms with Gasteiger partial charge in [-0.15, -0.1) is 0 Å². The number of hydrogen-bond acceptors (Lipinski definition) is 14. The average Bonchev–Trinajstić information content (AvgIpc) is 3.72. The first kappa shape index (κ1) is 49.1. The summed E-state index contributed by atoms with van der Waals surface area (Å²) in [7, 11) is 0. The van der Waals surface area contributed by atoms with Crippen molar-refractivity contribution in [1.29, 1.82) is 0 Å². The summed E-state index contributed by atoms with van der Waals surface area (Å²) in [5, 5.41) is 35.4. The van der Waals surface area contributed by atoms with Gasteiger partial charge in [0.05, 0.1) is 25.6 Å². The van der Waals surface area contributed by atoms with Crippen LogP contribution in [0.25, 0.3) is 11.0 Å². The van der Waals surface area contributed by atoms with Crippen molar-refractivity contribution in [2.24, 2.45) is 23.1 Å². The van der Waals surface area contributed by atoms with E-state index in [0.717, 1.165) is 0 Å². The molecule has 334 valence electrons. The van der Waals surface area contributed by atoms with Gasteiger partial charge in [0.2, 0.25) is 41.4 Å². The second-order valence-corrected chi connectivity index (χ2v) is 14.9. The Morgan fingerprint density at radius 3 is 1.93 bits per heavy atom. The second-order valence-electron chi connectivity index (χ2n) is 14.9. The van der Waals surface area contributed by atoms with Crippen molar-refractivity contribution >= 4 is 58.0 Å². The van der Waals surface area contributed by atoms with Gasteiger partial charge in [-0.1, -0.05) is 13.8 Å². The number of rotatable bonds is 25. The van der Waals surface area contributed by atoms with E-state index < -0.39 is 96.4 Å². The fourth-order valence-corrected chi connectivity index (χ4v) is 6.13. The molecule has 22 heteroatoms. The maximum absolute atomic E-state index is 13.8. The summed E-state index contributed by atoms with van der Waals surface area (Å²) in [4.78, 5) is 111. The molecular weight excluding hydrogens is 798 g/mol. The van der Waals surface area contributed by atoms with Crippen LogP contribution in [-0.4, -0.2) is 118 Å². The second kappa shape index (κ2) is 24.1. The summed E-state index contributed by atoms with van der Waals surface area (Å²) in [5.74, 6) is -6.08. The number of aromatic amines is 1. The van der Waals surface area contributed by atoms with Gasteiger partial charge in [0.25, 0.3) is 0 Å². The zero-order valence-electron chi connectivity index (χ0n) is 34.3. The smallest absolute Gasteiger partial charge is 0.336 e. The third-order valence-electron chi connectivity index (χ3n) is 9.41. The van der Waals surface area contributed by atoms with Crippen LogP contribution in [0.2, 0.25) is 0 Å². The van der Waals surface area contributed by atoms with Gasteiger partial charge in [-0.05, 0) is 69.2 Å². The van der Waals surface area contributed by atoms with Crippen LogP contribution in [0.1, 0.15) is 63.6 Å². The summed E-state index contributed by atoms with van der Waals surface area (Å²) in [6.07, 6.45) is 3.30. The first-order valence-corrected chi connectivity index (χ1v) is 19.8. The molecule has 0 radical (unpaired) electrons. The Bertz CT molecular complexity index is 2040. The van der Waals surface area contributed by atoms with Gasteiger partial charge < -0.3 is 68.7 Å². The molecular formula is C39H57N11O11. The number of anilines is 1. The third kappa shape index (κ3) is 15.7. The van der Waals surface area contributed by atoms with Crippen LogP contribution in [-0.2, 0) is 40.0 Å². The summed E-state index contributed by atoms with van der Waals surface area (Å²) in [6.45, 7) is 3.73. The molecule has 0 aliphatic heterocycles. The van der Waals surface area contributed by atoms with Gasteiger partial charge in [0.15, 0.2) is 0 Å². The van der Waals surface area contributed by atoms with E-state index in [4.69, 9.17) is 21.6 Å². The van der Waals surface area contributed by atoms with Crippen LogP contribution >= 0.6 is 0 Å². The van der Waals surface area contributed by atoms with Crippen molar-refractivity contribution in [2.45, 2.75) is 102 Å². The van der Waals surface area contributed by atoms with Crippen molar-refractivity contribution in [3.63, 3.8) is 0 Å². The molecule has 3 rings (SSSR count). The molecule has 0 aliphatic rings. The van der Waals surface area contributed by atoms with Crippen LogP contribution in [0.15, 0.2) is 46.0 Å². The Hall–Kier alpha value is -6.23.